The number of hydrogen-bond acceptors (Lipinski definition) is 2. The molecule has 0 spiro atoms. The highest BCUT2D eigenvalue weighted by Crippen LogP contribution is 2.48. The third-order valence-corrected chi connectivity index (χ3v) is 5.15. The number of nitrogens with one attached hydrogen (secondary N) is 1. The number of benzene rings is 1. The summed E-state index contributed by atoms with van der Waals surface area (Å²) in [6.45, 7) is 0.0625. The van der Waals surface area contributed by atoms with Gasteiger partial charge in [-0.25, -0.2) is 0 Å². The number of carbonyl (C=O) groups excluding carboxylic acids is 1. The molecule has 1 aromatic rings. The second-order valence-electron chi connectivity index (χ2n) is 6.14. The molecule has 0 bridgehead atoms. The molecule has 3 rings (SSSR count). The molecule has 4 heteroatoms. The average Bonchev–Trinajstić information content (AvgIpc) is 3.13. The van der Waals surface area contributed by atoms with Crippen molar-refractivity contribution in [3.8, 4) is 0 Å². The molecule has 2 aliphatic rings. The SMILES string of the molecule is O=C(NC1(CO)CCCC1)C1CC1c1cccc(Br)c1. The van der Waals surface area contributed by atoms with Crippen molar-refractivity contribution in [1.82, 2.24) is 5.32 Å². The minimum absolute atomic E-state index is 0.0625. The van der Waals surface area contributed by atoms with Gasteiger partial charge in [-0.2, -0.15) is 0 Å². The van der Waals surface area contributed by atoms with E-state index in [0.717, 1.165) is 36.6 Å². The molecule has 0 aliphatic heterocycles. The summed E-state index contributed by atoms with van der Waals surface area (Å²) in [6, 6.07) is 8.19. The normalized spacial score (nSPS) is 27.3. The molecule has 20 heavy (non-hydrogen) atoms. The zero-order valence-electron chi connectivity index (χ0n) is 11.4. The van der Waals surface area contributed by atoms with E-state index in [2.05, 4.69) is 33.4 Å². The van der Waals surface area contributed by atoms with E-state index < -0.39 is 0 Å². The van der Waals surface area contributed by atoms with Crippen molar-refractivity contribution in [2.24, 2.45) is 5.92 Å². The molecule has 0 heterocycles. The Hall–Kier alpha value is -0.870. The van der Waals surface area contributed by atoms with Crippen LogP contribution in [-0.2, 0) is 4.79 Å². The van der Waals surface area contributed by atoms with Gasteiger partial charge in [0.15, 0.2) is 0 Å². The number of aliphatic hydroxyl groups excluding tert-OH is 1. The molecule has 0 saturated heterocycles. The van der Waals surface area contributed by atoms with E-state index in [-0.39, 0.29) is 24.0 Å². The predicted molar refractivity (Wildman–Crippen MR) is 81.4 cm³/mol. The third-order valence-electron chi connectivity index (χ3n) is 4.66. The van der Waals surface area contributed by atoms with Crippen LogP contribution in [0.5, 0.6) is 0 Å². The van der Waals surface area contributed by atoms with Gasteiger partial charge in [-0.1, -0.05) is 40.9 Å². The summed E-state index contributed by atoms with van der Waals surface area (Å²) in [5, 5.41) is 12.7. The number of rotatable bonds is 4. The molecule has 0 aromatic heterocycles. The average molecular weight is 338 g/mol. The van der Waals surface area contributed by atoms with Crippen LogP contribution in [0.2, 0.25) is 0 Å². The second kappa shape index (κ2) is 5.49. The lowest BCUT2D eigenvalue weighted by Gasteiger charge is -2.28. The molecule has 1 aromatic carbocycles. The van der Waals surface area contributed by atoms with Crippen LogP contribution in [0.25, 0.3) is 0 Å². The molecule has 2 unspecified atom stereocenters. The summed E-state index contributed by atoms with van der Waals surface area (Å²) >= 11 is 3.47. The molecule has 108 valence electrons. The van der Waals surface area contributed by atoms with E-state index in [1.54, 1.807) is 0 Å². The van der Waals surface area contributed by atoms with Crippen molar-refractivity contribution in [1.29, 1.82) is 0 Å². The first-order valence-corrected chi connectivity index (χ1v) is 8.11. The highest BCUT2D eigenvalue weighted by molar-refractivity contribution is 9.10. The van der Waals surface area contributed by atoms with E-state index in [0.29, 0.717) is 5.92 Å². The van der Waals surface area contributed by atoms with Gasteiger partial charge in [-0.3, -0.25) is 4.79 Å². The van der Waals surface area contributed by atoms with Crippen molar-refractivity contribution in [3.63, 3.8) is 0 Å². The van der Waals surface area contributed by atoms with E-state index in [4.69, 9.17) is 0 Å². The summed E-state index contributed by atoms with van der Waals surface area (Å²) in [4.78, 5) is 12.4. The van der Waals surface area contributed by atoms with E-state index in [1.807, 2.05) is 12.1 Å². The first-order valence-electron chi connectivity index (χ1n) is 7.32. The lowest BCUT2D eigenvalue weighted by atomic mass is 9.98. The van der Waals surface area contributed by atoms with Crippen LogP contribution in [0, 0.1) is 5.92 Å². The van der Waals surface area contributed by atoms with Gasteiger partial charge in [0.05, 0.1) is 12.1 Å². The molecule has 2 fully saturated rings. The fraction of sp³-hybridized carbons (Fsp3) is 0.562. The van der Waals surface area contributed by atoms with Gasteiger partial charge >= 0.3 is 0 Å². The summed E-state index contributed by atoms with van der Waals surface area (Å²) < 4.78 is 1.06. The Bertz CT molecular complexity index is 511. The second-order valence-corrected chi connectivity index (χ2v) is 7.05. The van der Waals surface area contributed by atoms with Crippen LogP contribution in [0.1, 0.15) is 43.6 Å². The lowest BCUT2D eigenvalue weighted by molar-refractivity contribution is -0.124. The quantitative estimate of drug-likeness (QED) is 0.887. The predicted octanol–water partition coefficient (Wildman–Crippen LogP) is 2.97. The van der Waals surface area contributed by atoms with Crippen LogP contribution in [0.4, 0.5) is 0 Å². The van der Waals surface area contributed by atoms with Gasteiger partial charge in [-0.05, 0) is 42.9 Å². The minimum atomic E-state index is -0.346. The number of carbonyl (C=O) groups is 1. The van der Waals surface area contributed by atoms with Crippen molar-refractivity contribution in [2.45, 2.75) is 43.6 Å². The zero-order chi connectivity index (χ0) is 14.2. The molecule has 2 atom stereocenters. The van der Waals surface area contributed by atoms with Crippen LogP contribution >= 0.6 is 15.9 Å². The third kappa shape index (κ3) is 2.77. The Morgan fingerprint density at radius 2 is 2.15 bits per heavy atom. The molecule has 2 aliphatic carbocycles. The van der Waals surface area contributed by atoms with Crippen LogP contribution in [0.3, 0.4) is 0 Å². The smallest absolute Gasteiger partial charge is 0.224 e. The van der Waals surface area contributed by atoms with Crippen LogP contribution < -0.4 is 5.32 Å². The molecule has 0 radical (unpaired) electrons. The number of amides is 1. The Kier molecular flexibility index (Phi) is 3.87. The molecule has 3 nitrogen and oxygen atoms in total. The summed E-state index contributed by atoms with van der Waals surface area (Å²) in [7, 11) is 0. The monoisotopic (exact) mass is 337 g/mol. The largest absolute Gasteiger partial charge is 0.394 e. The van der Waals surface area contributed by atoms with Gasteiger partial charge in [0.25, 0.3) is 0 Å². The maximum absolute atomic E-state index is 12.4. The number of hydrogen-bond donors (Lipinski definition) is 2. The highest BCUT2D eigenvalue weighted by Gasteiger charge is 2.46. The van der Waals surface area contributed by atoms with Gasteiger partial charge in [0.2, 0.25) is 5.91 Å². The molecular weight excluding hydrogens is 318 g/mol. The molecule has 1 amide bonds. The van der Waals surface area contributed by atoms with Crippen LogP contribution in [-0.4, -0.2) is 23.2 Å². The van der Waals surface area contributed by atoms with E-state index >= 15 is 0 Å². The summed E-state index contributed by atoms with van der Waals surface area (Å²) in [6.07, 6.45) is 4.93. The van der Waals surface area contributed by atoms with Crippen molar-refractivity contribution in [2.75, 3.05) is 6.61 Å². The number of halogens is 1. The summed E-state index contributed by atoms with van der Waals surface area (Å²) in [5.74, 6) is 0.531. The Morgan fingerprint density at radius 3 is 2.80 bits per heavy atom. The van der Waals surface area contributed by atoms with E-state index in [1.165, 1.54) is 5.56 Å². The minimum Gasteiger partial charge on any atom is -0.394 e. The fourth-order valence-corrected chi connectivity index (χ4v) is 3.74. The Labute approximate surface area is 127 Å². The zero-order valence-corrected chi connectivity index (χ0v) is 13.0. The Morgan fingerprint density at radius 1 is 1.40 bits per heavy atom. The van der Waals surface area contributed by atoms with Gasteiger partial charge in [-0.15, -0.1) is 0 Å². The van der Waals surface area contributed by atoms with E-state index in [9.17, 15) is 9.90 Å². The first-order chi connectivity index (χ1) is 9.63. The maximum Gasteiger partial charge on any atom is 0.224 e. The fourth-order valence-electron chi connectivity index (χ4n) is 3.32. The Balaban J connectivity index is 1.63. The number of aliphatic hydroxyl groups is 1. The van der Waals surface area contributed by atoms with Crippen molar-refractivity contribution >= 4 is 21.8 Å². The highest BCUT2D eigenvalue weighted by atomic mass is 79.9. The van der Waals surface area contributed by atoms with Crippen LogP contribution in [0.15, 0.2) is 28.7 Å². The van der Waals surface area contributed by atoms with Gasteiger partial charge in [0, 0.05) is 10.4 Å². The molecule has 2 saturated carbocycles. The van der Waals surface area contributed by atoms with Gasteiger partial charge in [0.1, 0.15) is 0 Å². The lowest BCUT2D eigenvalue weighted by Crippen LogP contribution is -2.49. The van der Waals surface area contributed by atoms with Gasteiger partial charge < -0.3 is 10.4 Å². The standard InChI is InChI=1S/C16H20BrNO2/c17-12-5-3-4-11(8-12)13-9-14(13)15(20)18-16(10-19)6-1-2-7-16/h3-5,8,13-14,19H,1-2,6-7,9-10H2,(H,18,20). The summed E-state index contributed by atoms with van der Waals surface area (Å²) in [5.41, 5.74) is 0.880. The molecular formula is C16H20BrNO2. The first kappa shape index (κ1) is 14.1. The molecule has 2 N–H and O–H groups in total. The maximum atomic E-state index is 12.4. The van der Waals surface area contributed by atoms with Crippen molar-refractivity contribution in [3.05, 3.63) is 34.3 Å². The van der Waals surface area contributed by atoms with Crippen molar-refractivity contribution < 1.29 is 9.90 Å². The topological polar surface area (TPSA) is 49.3 Å².